The number of aromatic hydroxyl groups is 1. The predicted molar refractivity (Wildman–Crippen MR) is 124 cm³/mol. The molecule has 0 radical (unpaired) electrons. The van der Waals surface area contributed by atoms with Crippen LogP contribution in [0.5, 0.6) is 11.5 Å². The molecule has 0 fully saturated rings. The third-order valence-electron chi connectivity index (χ3n) is 4.68. The Morgan fingerprint density at radius 1 is 1.03 bits per heavy atom. The van der Waals surface area contributed by atoms with Crippen LogP contribution in [0.15, 0.2) is 86.7 Å². The molecule has 0 bridgehead atoms. The van der Waals surface area contributed by atoms with Crippen LogP contribution < -0.4 is 4.74 Å². The van der Waals surface area contributed by atoms with E-state index >= 15 is 0 Å². The van der Waals surface area contributed by atoms with Crippen LogP contribution in [0.1, 0.15) is 11.1 Å². The zero-order valence-corrected chi connectivity index (χ0v) is 18.1. The number of phenols is 1. The number of hydrogen-bond donors (Lipinski definition) is 1. The van der Waals surface area contributed by atoms with Gasteiger partial charge < -0.3 is 14.3 Å². The van der Waals surface area contributed by atoms with Crippen LogP contribution in [0, 0.1) is 11.3 Å². The molecule has 0 amide bonds. The Hall–Kier alpha value is -3.82. The van der Waals surface area contributed by atoms with Crippen LogP contribution in [-0.2, 0) is 0 Å². The van der Waals surface area contributed by atoms with E-state index in [2.05, 4.69) is 27.0 Å². The van der Waals surface area contributed by atoms with E-state index in [-0.39, 0.29) is 11.6 Å². The monoisotopic (exact) mass is 472 g/mol. The van der Waals surface area contributed by atoms with Crippen LogP contribution in [0.2, 0.25) is 0 Å². The molecule has 1 aromatic heterocycles. The molecular formula is C25H17BrN2O3. The summed E-state index contributed by atoms with van der Waals surface area (Å²) in [5.41, 5.74) is 3.38. The lowest BCUT2D eigenvalue weighted by Gasteiger charge is -2.06. The average molecular weight is 473 g/mol. The Kier molecular flexibility index (Phi) is 5.87. The highest BCUT2D eigenvalue weighted by molar-refractivity contribution is 9.10. The predicted octanol–water partition coefficient (Wildman–Crippen LogP) is 6.71. The van der Waals surface area contributed by atoms with Crippen LogP contribution >= 0.6 is 15.9 Å². The quantitative estimate of drug-likeness (QED) is 0.327. The minimum atomic E-state index is -0.0202. The molecule has 1 heterocycles. The lowest BCUT2D eigenvalue weighted by atomic mass is 9.98. The van der Waals surface area contributed by atoms with E-state index in [0.29, 0.717) is 32.7 Å². The maximum Gasteiger partial charge on any atom is 0.238 e. The van der Waals surface area contributed by atoms with Crippen molar-refractivity contribution in [1.82, 2.24) is 0 Å². The molecule has 4 aromatic rings. The van der Waals surface area contributed by atoms with Gasteiger partial charge in [-0.15, -0.1) is 0 Å². The van der Waals surface area contributed by atoms with Crippen molar-refractivity contribution in [2.45, 2.75) is 0 Å². The average Bonchev–Trinajstić information content (AvgIpc) is 3.17. The summed E-state index contributed by atoms with van der Waals surface area (Å²) < 4.78 is 11.8. The summed E-state index contributed by atoms with van der Waals surface area (Å²) in [6, 6.07) is 24.8. The van der Waals surface area contributed by atoms with Gasteiger partial charge in [0.1, 0.15) is 17.4 Å². The summed E-state index contributed by atoms with van der Waals surface area (Å²) in [5, 5.41) is 20.0. The highest BCUT2D eigenvalue weighted by atomic mass is 79.9. The minimum Gasteiger partial charge on any atom is -0.504 e. The Balaban J connectivity index is 1.85. The zero-order chi connectivity index (χ0) is 21.8. The van der Waals surface area contributed by atoms with Gasteiger partial charge in [-0.05, 0) is 39.2 Å². The number of rotatable bonds is 5. The van der Waals surface area contributed by atoms with E-state index < -0.39 is 0 Å². The van der Waals surface area contributed by atoms with Gasteiger partial charge in [-0.1, -0.05) is 60.7 Å². The number of furan rings is 1. The van der Waals surface area contributed by atoms with E-state index in [1.165, 1.54) is 19.4 Å². The van der Waals surface area contributed by atoms with Crippen LogP contribution in [0.25, 0.3) is 22.5 Å². The van der Waals surface area contributed by atoms with Gasteiger partial charge in [-0.3, -0.25) is 0 Å². The normalized spacial score (nSPS) is 10.9. The highest BCUT2D eigenvalue weighted by Crippen LogP contribution is 2.42. The zero-order valence-electron chi connectivity index (χ0n) is 16.5. The van der Waals surface area contributed by atoms with Gasteiger partial charge in [0.05, 0.1) is 11.6 Å². The number of nitrogens with zero attached hydrogens (tertiary/aromatic N) is 2. The molecule has 0 saturated carbocycles. The molecule has 0 aliphatic heterocycles. The molecular weight excluding hydrogens is 456 g/mol. The molecule has 0 aliphatic carbocycles. The number of phenolic OH excluding ortho intramolecular Hbond substituents is 1. The van der Waals surface area contributed by atoms with E-state index in [1.54, 1.807) is 6.07 Å². The summed E-state index contributed by atoms with van der Waals surface area (Å²) in [4.78, 5) is 4.43. The molecule has 0 aliphatic rings. The summed E-state index contributed by atoms with van der Waals surface area (Å²) in [6.45, 7) is 0. The molecule has 0 saturated heterocycles. The lowest BCUT2D eigenvalue weighted by Crippen LogP contribution is -1.88. The molecule has 4 rings (SSSR count). The standard InChI is InChI=1S/C25H17BrN2O3/c1-30-24-20(26)12-16(13-21(24)29)15-28-25-19(14-27)22(17-8-4-2-5-9-17)23(31-25)18-10-6-3-7-11-18/h2-13,15,29H,1H3. The van der Waals surface area contributed by atoms with Crippen molar-refractivity contribution in [2.75, 3.05) is 7.11 Å². The number of benzene rings is 3. The van der Waals surface area contributed by atoms with Gasteiger partial charge in [-0.25, -0.2) is 4.99 Å². The summed E-state index contributed by atoms with van der Waals surface area (Å²) >= 11 is 3.37. The third kappa shape index (κ3) is 4.09. The molecule has 31 heavy (non-hydrogen) atoms. The van der Waals surface area contributed by atoms with E-state index in [1.807, 2.05) is 60.7 Å². The van der Waals surface area contributed by atoms with Gasteiger partial charge in [0.2, 0.25) is 5.88 Å². The third-order valence-corrected chi connectivity index (χ3v) is 5.27. The van der Waals surface area contributed by atoms with Crippen molar-refractivity contribution in [3.05, 3.63) is 88.4 Å². The lowest BCUT2D eigenvalue weighted by molar-refractivity contribution is 0.371. The van der Waals surface area contributed by atoms with Gasteiger partial charge in [-0.2, -0.15) is 5.26 Å². The topological polar surface area (TPSA) is 78.8 Å². The Morgan fingerprint density at radius 3 is 2.26 bits per heavy atom. The first kappa shape index (κ1) is 20.5. The highest BCUT2D eigenvalue weighted by Gasteiger charge is 2.22. The van der Waals surface area contributed by atoms with E-state index in [4.69, 9.17) is 9.15 Å². The maximum atomic E-state index is 10.1. The SMILES string of the molecule is COc1c(O)cc(C=Nc2oc(-c3ccccc3)c(-c3ccccc3)c2C#N)cc1Br. The van der Waals surface area contributed by atoms with Gasteiger partial charge in [0.25, 0.3) is 0 Å². The second-order valence-corrected chi connectivity index (χ2v) is 7.50. The fourth-order valence-corrected chi connectivity index (χ4v) is 3.93. The van der Waals surface area contributed by atoms with Crippen molar-refractivity contribution in [1.29, 1.82) is 5.26 Å². The molecule has 1 N–H and O–H groups in total. The van der Waals surface area contributed by atoms with Gasteiger partial charge in [0.15, 0.2) is 11.5 Å². The number of hydrogen-bond acceptors (Lipinski definition) is 5. The van der Waals surface area contributed by atoms with Crippen LogP contribution in [0.4, 0.5) is 5.88 Å². The molecule has 152 valence electrons. The van der Waals surface area contributed by atoms with Crippen LogP contribution in [0.3, 0.4) is 0 Å². The Bertz CT molecular complexity index is 1270. The Morgan fingerprint density at radius 2 is 1.68 bits per heavy atom. The Labute approximate surface area is 188 Å². The van der Waals surface area contributed by atoms with Crippen molar-refractivity contribution in [3.8, 4) is 40.0 Å². The molecule has 6 heteroatoms. The molecule has 3 aromatic carbocycles. The van der Waals surface area contributed by atoms with E-state index in [9.17, 15) is 10.4 Å². The van der Waals surface area contributed by atoms with Crippen LogP contribution in [-0.4, -0.2) is 18.4 Å². The minimum absolute atomic E-state index is 0.0202. The second-order valence-electron chi connectivity index (χ2n) is 6.64. The molecule has 0 atom stereocenters. The van der Waals surface area contributed by atoms with Crippen molar-refractivity contribution in [3.63, 3.8) is 0 Å². The molecule has 5 nitrogen and oxygen atoms in total. The number of methoxy groups -OCH3 is 1. The summed E-state index contributed by atoms with van der Waals surface area (Å²) in [6.07, 6.45) is 1.53. The van der Waals surface area contributed by atoms with E-state index in [0.717, 1.165) is 11.1 Å². The first-order valence-corrected chi connectivity index (χ1v) is 10.2. The van der Waals surface area contributed by atoms with Crippen molar-refractivity contribution in [2.24, 2.45) is 4.99 Å². The molecule has 0 spiro atoms. The largest absolute Gasteiger partial charge is 0.504 e. The van der Waals surface area contributed by atoms with Gasteiger partial charge >= 0.3 is 0 Å². The maximum absolute atomic E-state index is 10.1. The number of ether oxygens (including phenoxy) is 1. The number of nitriles is 1. The van der Waals surface area contributed by atoms with Crippen molar-refractivity contribution >= 4 is 28.0 Å². The fraction of sp³-hybridized carbons (Fsp3) is 0.0400. The first-order chi connectivity index (χ1) is 15.1. The first-order valence-electron chi connectivity index (χ1n) is 9.40. The number of halogens is 1. The summed E-state index contributed by atoms with van der Waals surface area (Å²) in [5.74, 6) is 1.10. The second kappa shape index (κ2) is 8.90. The van der Waals surface area contributed by atoms with Crippen molar-refractivity contribution < 1.29 is 14.3 Å². The molecule has 0 unspecified atom stereocenters. The fourth-order valence-electron chi connectivity index (χ4n) is 3.30. The number of aliphatic imine (C=N–C) groups is 1. The smallest absolute Gasteiger partial charge is 0.238 e. The van der Waals surface area contributed by atoms with Gasteiger partial charge in [0, 0.05) is 17.3 Å². The summed E-state index contributed by atoms with van der Waals surface area (Å²) in [7, 11) is 1.48.